The standard InChI is InChI=1S/C4H10O4S.C4H10O.C2H6O2.6C2H4/c1-3-4(2)8-9(5,6)7;1-3-5-4-2;3-1-2-4;6*1-2/h4H,3H2,1-2H3,(H,5,6,7);3-4H2,1-2H3;3-4H,1-2H2;6*1-2H2. The predicted octanol–water partition coefficient (Wildman–Crippen LogP) is 5.43. The molecule has 8 heteroatoms. The van der Waals surface area contributed by atoms with Crippen LogP contribution in [-0.2, 0) is 19.3 Å². The van der Waals surface area contributed by atoms with Gasteiger partial charge in [0.05, 0.1) is 19.3 Å². The molecule has 0 amide bonds. The highest BCUT2D eigenvalue weighted by Crippen LogP contribution is 1.99. The van der Waals surface area contributed by atoms with E-state index in [1.165, 1.54) is 0 Å². The van der Waals surface area contributed by atoms with Crippen molar-refractivity contribution in [1.82, 2.24) is 0 Å². The van der Waals surface area contributed by atoms with Crippen LogP contribution in [0.5, 0.6) is 0 Å². The molecule has 0 fully saturated rings. The van der Waals surface area contributed by atoms with Crippen LogP contribution in [0.4, 0.5) is 0 Å². The van der Waals surface area contributed by atoms with E-state index in [0.717, 1.165) is 13.2 Å². The molecule has 0 saturated heterocycles. The Morgan fingerprint density at radius 2 is 0.933 bits per heavy atom. The summed E-state index contributed by atoms with van der Waals surface area (Å²) in [5.74, 6) is 0. The molecule has 0 aliphatic carbocycles. The van der Waals surface area contributed by atoms with Gasteiger partial charge in [-0.1, -0.05) is 6.92 Å². The molecular formula is C22H50O7S. The zero-order valence-electron chi connectivity index (χ0n) is 20.0. The summed E-state index contributed by atoms with van der Waals surface area (Å²) in [7, 11) is -4.24. The lowest BCUT2D eigenvalue weighted by Gasteiger charge is -2.04. The van der Waals surface area contributed by atoms with Crippen molar-refractivity contribution < 1.29 is 32.1 Å². The molecule has 0 aromatic heterocycles. The molecule has 1 atom stereocenters. The van der Waals surface area contributed by atoms with E-state index in [1.54, 1.807) is 13.8 Å². The third-order valence-corrected chi connectivity index (χ3v) is 1.94. The van der Waals surface area contributed by atoms with E-state index in [2.05, 4.69) is 83.1 Å². The summed E-state index contributed by atoms with van der Waals surface area (Å²) >= 11 is 0. The molecule has 0 rings (SSSR count). The second kappa shape index (κ2) is 92.6. The average Bonchev–Trinajstić information content (AvgIpc) is 2.82. The Morgan fingerprint density at radius 1 is 0.700 bits per heavy atom. The van der Waals surface area contributed by atoms with E-state index < -0.39 is 16.5 Å². The Kier molecular flexibility index (Phi) is 175. The Morgan fingerprint density at radius 3 is 0.967 bits per heavy atom. The largest absolute Gasteiger partial charge is 0.397 e. The normalized spacial score (nSPS) is 7.83. The lowest BCUT2D eigenvalue weighted by molar-refractivity contribution is 0.162. The van der Waals surface area contributed by atoms with Crippen molar-refractivity contribution in [1.29, 1.82) is 0 Å². The van der Waals surface area contributed by atoms with Crippen LogP contribution in [0.1, 0.15) is 34.1 Å². The summed E-state index contributed by atoms with van der Waals surface area (Å²) in [5.41, 5.74) is 0. The maximum absolute atomic E-state index is 9.93. The summed E-state index contributed by atoms with van der Waals surface area (Å²) in [4.78, 5) is 0. The second-order valence-corrected chi connectivity index (χ2v) is 4.02. The third kappa shape index (κ3) is 248. The van der Waals surface area contributed by atoms with E-state index in [0.29, 0.717) is 6.42 Å². The van der Waals surface area contributed by atoms with Gasteiger partial charge in [0.15, 0.2) is 0 Å². The summed E-state index contributed by atoms with van der Waals surface area (Å²) in [6.45, 7) is 44.7. The topological polar surface area (TPSA) is 113 Å². The Bertz CT molecular complexity index is 291. The fraction of sp³-hybridized carbons (Fsp3) is 0.455. The molecule has 3 N–H and O–H groups in total. The minimum atomic E-state index is -4.24. The Hall–Kier alpha value is -1.81. The first-order valence-corrected chi connectivity index (χ1v) is 10.1. The van der Waals surface area contributed by atoms with Gasteiger partial charge in [0.2, 0.25) is 0 Å². The zero-order valence-corrected chi connectivity index (χ0v) is 20.8. The highest BCUT2D eigenvalue weighted by atomic mass is 32.3. The lowest BCUT2D eigenvalue weighted by atomic mass is 10.3. The number of hydrogen-bond acceptors (Lipinski definition) is 6. The van der Waals surface area contributed by atoms with Gasteiger partial charge < -0.3 is 14.9 Å². The molecule has 0 saturated carbocycles. The molecule has 0 spiro atoms. The van der Waals surface area contributed by atoms with E-state index in [9.17, 15) is 8.42 Å². The smallest absolute Gasteiger partial charge is 0.394 e. The van der Waals surface area contributed by atoms with Gasteiger partial charge in [-0.15, -0.1) is 78.9 Å². The summed E-state index contributed by atoms with van der Waals surface area (Å²) in [6, 6.07) is 0. The van der Waals surface area contributed by atoms with Crippen LogP contribution in [0.2, 0.25) is 0 Å². The molecule has 7 nitrogen and oxygen atoms in total. The zero-order chi connectivity index (χ0) is 27.0. The van der Waals surface area contributed by atoms with Crippen LogP contribution in [0.25, 0.3) is 0 Å². The van der Waals surface area contributed by atoms with Crippen LogP contribution < -0.4 is 0 Å². The van der Waals surface area contributed by atoms with E-state index in [-0.39, 0.29) is 13.2 Å². The van der Waals surface area contributed by atoms with E-state index in [4.69, 9.17) is 19.5 Å². The van der Waals surface area contributed by atoms with Gasteiger partial charge in [0, 0.05) is 13.2 Å². The molecule has 30 heavy (non-hydrogen) atoms. The highest BCUT2D eigenvalue weighted by molar-refractivity contribution is 7.80. The van der Waals surface area contributed by atoms with Crippen LogP contribution in [0.3, 0.4) is 0 Å². The van der Waals surface area contributed by atoms with Crippen LogP contribution in [0.15, 0.2) is 78.9 Å². The number of aliphatic hydroxyl groups excluding tert-OH is 2. The molecule has 0 heterocycles. The Balaban J connectivity index is -0.0000000261. The highest BCUT2D eigenvalue weighted by Gasteiger charge is 2.08. The maximum atomic E-state index is 9.93. The van der Waals surface area contributed by atoms with Crippen molar-refractivity contribution in [2.75, 3.05) is 26.4 Å². The maximum Gasteiger partial charge on any atom is 0.397 e. The fourth-order valence-electron chi connectivity index (χ4n) is 0.480. The monoisotopic (exact) mass is 458 g/mol. The van der Waals surface area contributed by atoms with E-state index in [1.807, 2.05) is 13.8 Å². The van der Waals surface area contributed by atoms with Gasteiger partial charge in [0.25, 0.3) is 0 Å². The second-order valence-electron chi connectivity index (χ2n) is 2.97. The molecule has 0 radical (unpaired) electrons. The lowest BCUT2D eigenvalue weighted by Crippen LogP contribution is -2.12. The minimum Gasteiger partial charge on any atom is -0.394 e. The van der Waals surface area contributed by atoms with Gasteiger partial charge in [0.1, 0.15) is 0 Å². The van der Waals surface area contributed by atoms with Crippen molar-refractivity contribution in [2.45, 2.75) is 40.2 Å². The van der Waals surface area contributed by atoms with E-state index >= 15 is 0 Å². The molecule has 0 aliphatic heterocycles. The molecule has 0 bridgehead atoms. The molecule has 186 valence electrons. The predicted molar refractivity (Wildman–Crippen MR) is 136 cm³/mol. The number of aliphatic hydroxyl groups is 2. The van der Waals surface area contributed by atoms with Gasteiger partial charge in [-0.2, -0.15) is 8.42 Å². The van der Waals surface area contributed by atoms with Crippen molar-refractivity contribution in [3.8, 4) is 0 Å². The molecule has 0 aromatic rings. The third-order valence-electron chi connectivity index (χ3n) is 1.37. The van der Waals surface area contributed by atoms with Crippen molar-refractivity contribution >= 4 is 10.4 Å². The summed E-state index contributed by atoms with van der Waals surface area (Å²) in [5, 5.41) is 15.2. The summed E-state index contributed by atoms with van der Waals surface area (Å²) in [6.07, 6.45) is 0.111. The van der Waals surface area contributed by atoms with Crippen LogP contribution >= 0.6 is 0 Å². The van der Waals surface area contributed by atoms with Gasteiger partial charge in [-0.25, -0.2) is 4.18 Å². The van der Waals surface area contributed by atoms with Crippen molar-refractivity contribution in [3.63, 3.8) is 0 Å². The summed E-state index contributed by atoms with van der Waals surface area (Å²) < 4.78 is 36.9. The van der Waals surface area contributed by atoms with Crippen molar-refractivity contribution in [3.05, 3.63) is 78.9 Å². The number of hydrogen-bond donors (Lipinski definition) is 3. The minimum absolute atomic E-state index is 0.125. The first-order valence-electron chi connectivity index (χ1n) is 8.74. The fourth-order valence-corrected chi connectivity index (χ4v) is 1.03. The SMILES string of the molecule is C=C.C=C.C=C.C=C.C=C.C=C.CCC(C)OS(=O)(=O)O.CCOCC.OCCO. The van der Waals surface area contributed by atoms with Gasteiger partial charge in [-0.05, 0) is 27.2 Å². The number of rotatable bonds is 6. The molecule has 0 aliphatic rings. The molecule has 1 unspecified atom stereocenters. The number of ether oxygens (including phenoxy) is 1. The van der Waals surface area contributed by atoms with Gasteiger partial charge >= 0.3 is 10.4 Å². The first-order chi connectivity index (χ1) is 14.3. The average molecular weight is 459 g/mol. The van der Waals surface area contributed by atoms with Crippen LogP contribution in [-0.4, -0.2) is 55.7 Å². The quantitative estimate of drug-likeness (QED) is 0.359. The Labute approximate surface area is 188 Å². The molecular weight excluding hydrogens is 408 g/mol. The van der Waals surface area contributed by atoms with Gasteiger partial charge in [-0.3, -0.25) is 4.55 Å². The van der Waals surface area contributed by atoms with Crippen molar-refractivity contribution in [2.24, 2.45) is 0 Å². The molecule has 0 aromatic carbocycles. The van der Waals surface area contributed by atoms with Crippen LogP contribution in [0, 0.1) is 0 Å². The first kappa shape index (κ1) is 56.6.